The number of hydrogen-bond donors (Lipinski definition) is 1. The molecular weight excluding hydrogens is 320 g/mol. The summed E-state index contributed by atoms with van der Waals surface area (Å²) in [5.74, 6) is -0.256. The molecule has 7 heteroatoms. The molecule has 25 heavy (non-hydrogen) atoms. The van der Waals surface area contributed by atoms with Gasteiger partial charge in [-0.2, -0.15) is 5.26 Å². The SMILES string of the molecule is CCC1CCC2(CC1)NC(=O)N(CC(=O)N(CC)CC(C)C#N)C2=O. The van der Waals surface area contributed by atoms with Crippen molar-refractivity contribution in [1.29, 1.82) is 5.26 Å². The fourth-order valence-electron chi connectivity index (χ4n) is 3.75. The summed E-state index contributed by atoms with van der Waals surface area (Å²) in [5, 5.41) is 11.8. The highest BCUT2D eigenvalue weighted by Gasteiger charge is 2.52. The third-order valence-electron chi connectivity index (χ3n) is 5.52. The van der Waals surface area contributed by atoms with Gasteiger partial charge in [-0.25, -0.2) is 4.79 Å². The van der Waals surface area contributed by atoms with E-state index in [9.17, 15) is 14.4 Å². The lowest BCUT2D eigenvalue weighted by atomic mass is 9.75. The predicted octanol–water partition coefficient (Wildman–Crippen LogP) is 1.89. The Bertz CT molecular complexity index is 575. The van der Waals surface area contributed by atoms with Crippen molar-refractivity contribution < 1.29 is 14.4 Å². The summed E-state index contributed by atoms with van der Waals surface area (Å²) in [6, 6.07) is 1.62. The van der Waals surface area contributed by atoms with Gasteiger partial charge in [0.05, 0.1) is 12.0 Å². The maximum atomic E-state index is 12.8. The molecule has 1 aliphatic carbocycles. The molecular formula is C18H28N4O3. The average molecular weight is 348 g/mol. The molecule has 138 valence electrons. The number of nitrogens with one attached hydrogen (secondary N) is 1. The van der Waals surface area contributed by atoms with Gasteiger partial charge in [0.1, 0.15) is 12.1 Å². The zero-order chi connectivity index (χ0) is 18.6. The van der Waals surface area contributed by atoms with E-state index in [0.29, 0.717) is 31.8 Å². The largest absolute Gasteiger partial charge is 0.340 e. The van der Waals surface area contributed by atoms with Crippen LogP contribution in [0.25, 0.3) is 0 Å². The lowest BCUT2D eigenvalue weighted by Crippen LogP contribution is -2.50. The molecule has 7 nitrogen and oxygen atoms in total. The summed E-state index contributed by atoms with van der Waals surface area (Å²) in [6.45, 7) is 6.20. The van der Waals surface area contributed by atoms with Gasteiger partial charge in [-0.3, -0.25) is 14.5 Å². The van der Waals surface area contributed by atoms with Gasteiger partial charge in [-0.05, 0) is 45.4 Å². The molecule has 1 unspecified atom stereocenters. The second-order valence-electron chi connectivity index (χ2n) is 7.22. The molecule has 2 rings (SSSR count). The van der Waals surface area contributed by atoms with Crippen LogP contribution in [0.4, 0.5) is 4.79 Å². The Morgan fingerprint density at radius 2 is 2.04 bits per heavy atom. The maximum Gasteiger partial charge on any atom is 0.325 e. The normalized spacial score (nSPS) is 27.1. The van der Waals surface area contributed by atoms with Crippen LogP contribution in [0.2, 0.25) is 0 Å². The number of carbonyl (C=O) groups excluding carboxylic acids is 3. The number of nitriles is 1. The van der Waals surface area contributed by atoms with E-state index in [1.165, 1.54) is 4.90 Å². The molecule has 1 N–H and O–H groups in total. The molecule has 1 heterocycles. The molecule has 4 amide bonds. The number of carbonyl (C=O) groups is 3. The van der Waals surface area contributed by atoms with Gasteiger partial charge in [0, 0.05) is 13.1 Å². The molecule has 0 radical (unpaired) electrons. The molecule has 0 bridgehead atoms. The minimum absolute atomic E-state index is 0.254. The first-order chi connectivity index (χ1) is 11.9. The van der Waals surface area contributed by atoms with E-state index in [-0.39, 0.29) is 24.3 Å². The van der Waals surface area contributed by atoms with Crippen molar-refractivity contribution in [2.45, 2.75) is 58.4 Å². The molecule has 0 aromatic carbocycles. The fraction of sp³-hybridized carbons (Fsp3) is 0.778. The van der Waals surface area contributed by atoms with Crippen molar-refractivity contribution in [3.63, 3.8) is 0 Å². The predicted molar refractivity (Wildman–Crippen MR) is 92.3 cm³/mol. The number of imide groups is 1. The molecule has 1 spiro atoms. The molecule has 2 aliphatic rings. The van der Waals surface area contributed by atoms with E-state index < -0.39 is 11.6 Å². The number of rotatable bonds is 6. The highest BCUT2D eigenvalue weighted by Crippen LogP contribution is 2.37. The summed E-state index contributed by atoms with van der Waals surface area (Å²) in [5.41, 5.74) is -0.819. The van der Waals surface area contributed by atoms with Crippen LogP contribution >= 0.6 is 0 Å². The Morgan fingerprint density at radius 3 is 2.56 bits per heavy atom. The summed E-state index contributed by atoms with van der Waals surface area (Å²) >= 11 is 0. The molecule has 1 atom stereocenters. The van der Waals surface area contributed by atoms with E-state index >= 15 is 0 Å². The van der Waals surface area contributed by atoms with Crippen LogP contribution in [0, 0.1) is 23.2 Å². The molecule has 0 aromatic heterocycles. The van der Waals surface area contributed by atoms with E-state index in [1.54, 1.807) is 6.92 Å². The first-order valence-electron chi connectivity index (χ1n) is 9.18. The zero-order valence-corrected chi connectivity index (χ0v) is 15.4. The van der Waals surface area contributed by atoms with E-state index in [4.69, 9.17) is 5.26 Å². The van der Waals surface area contributed by atoms with Gasteiger partial charge in [-0.1, -0.05) is 13.3 Å². The lowest BCUT2D eigenvalue weighted by molar-refractivity contribution is -0.139. The first-order valence-corrected chi connectivity index (χ1v) is 9.18. The third kappa shape index (κ3) is 3.94. The number of urea groups is 1. The molecule has 1 aliphatic heterocycles. The summed E-state index contributed by atoms with van der Waals surface area (Å²) in [7, 11) is 0. The van der Waals surface area contributed by atoms with Crippen molar-refractivity contribution in [1.82, 2.24) is 15.1 Å². The van der Waals surface area contributed by atoms with Crippen LogP contribution in [0.15, 0.2) is 0 Å². The summed E-state index contributed by atoms with van der Waals surface area (Å²) in [4.78, 5) is 40.2. The van der Waals surface area contributed by atoms with E-state index in [1.807, 2.05) is 6.92 Å². The Balaban J connectivity index is 2.03. The van der Waals surface area contributed by atoms with Gasteiger partial charge < -0.3 is 10.2 Å². The maximum absolute atomic E-state index is 12.8. The van der Waals surface area contributed by atoms with Crippen LogP contribution in [0.5, 0.6) is 0 Å². The van der Waals surface area contributed by atoms with Gasteiger partial charge in [0.2, 0.25) is 5.91 Å². The number of nitrogens with zero attached hydrogens (tertiary/aromatic N) is 3. The molecule has 2 fully saturated rings. The highest BCUT2D eigenvalue weighted by molar-refractivity contribution is 6.09. The van der Waals surface area contributed by atoms with Crippen LogP contribution in [0.3, 0.4) is 0 Å². The van der Waals surface area contributed by atoms with Gasteiger partial charge in [0.25, 0.3) is 5.91 Å². The Hall–Kier alpha value is -2.10. The van der Waals surface area contributed by atoms with Crippen LogP contribution in [-0.4, -0.2) is 52.8 Å². The van der Waals surface area contributed by atoms with Crippen LogP contribution in [0.1, 0.15) is 52.9 Å². The van der Waals surface area contributed by atoms with E-state index in [2.05, 4.69) is 18.3 Å². The van der Waals surface area contributed by atoms with Gasteiger partial charge in [0.15, 0.2) is 0 Å². The smallest absolute Gasteiger partial charge is 0.325 e. The Labute approximate surface area is 149 Å². The average Bonchev–Trinajstić information content (AvgIpc) is 2.84. The number of likely N-dealkylation sites (N-methyl/N-ethyl adjacent to an activating group) is 1. The van der Waals surface area contributed by atoms with Gasteiger partial charge >= 0.3 is 6.03 Å². The lowest BCUT2D eigenvalue weighted by Gasteiger charge is -2.34. The Kier molecular flexibility index (Phi) is 6.04. The first kappa shape index (κ1) is 19.2. The molecule has 0 aromatic rings. The van der Waals surface area contributed by atoms with Crippen molar-refractivity contribution in [3.8, 4) is 6.07 Å². The molecule has 1 saturated heterocycles. The second kappa shape index (κ2) is 7.85. The van der Waals surface area contributed by atoms with Crippen molar-refractivity contribution in [3.05, 3.63) is 0 Å². The van der Waals surface area contributed by atoms with Crippen molar-refractivity contribution >= 4 is 17.8 Å². The standard InChI is InChI=1S/C18H28N4O3/c1-4-14-6-8-18(9-7-14)16(24)22(17(25)20-18)12-15(23)21(5-2)11-13(3)10-19/h13-14H,4-9,11-12H2,1-3H3,(H,20,25). The number of amides is 4. The van der Waals surface area contributed by atoms with Crippen LogP contribution < -0.4 is 5.32 Å². The minimum atomic E-state index is -0.819. The topological polar surface area (TPSA) is 93.5 Å². The summed E-state index contributed by atoms with van der Waals surface area (Å²) in [6.07, 6.45) is 4.21. The van der Waals surface area contributed by atoms with Gasteiger partial charge in [-0.15, -0.1) is 0 Å². The molecule has 1 saturated carbocycles. The van der Waals surface area contributed by atoms with Crippen LogP contribution in [-0.2, 0) is 9.59 Å². The minimum Gasteiger partial charge on any atom is -0.340 e. The van der Waals surface area contributed by atoms with Crippen molar-refractivity contribution in [2.24, 2.45) is 11.8 Å². The Morgan fingerprint density at radius 1 is 1.40 bits per heavy atom. The monoisotopic (exact) mass is 348 g/mol. The van der Waals surface area contributed by atoms with E-state index in [0.717, 1.165) is 24.2 Å². The van der Waals surface area contributed by atoms with Crippen molar-refractivity contribution in [2.75, 3.05) is 19.6 Å². The third-order valence-corrected chi connectivity index (χ3v) is 5.52. The fourth-order valence-corrected chi connectivity index (χ4v) is 3.75. The second-order valence-corrected chi connectivity index (χ2v) is 7.22. The highest BCUT2D eigenvalue weighted by atomic mass is 16.2. The zero-order valence-electron chi connectivity index (χ0n) is 15.4. The number of hydrogen-bond acceptors (Lipinski definition) is 4. The quantitative estimate of drug-likeness (QED) is 0.742. The summed E-state index contributed by atoms with van der Waals surface area (Å²) < 4.78 is 0.